The number of anilines is 1. The predicted octanol–water partition coefficient (Wildman–Crippen LogP) is 2.20. The first-order valence-corrected chi connectivity index (χ1v) is 8.49. The molecule has 3 N–H and O–H groups in total. The van der Waals surface area contributed by atoms with Crippen LogP contribution in [0.3, 0.4) is 0 Å². The van der Waals surface area contributed by atoms with Gasteiger partial charge in [0.2, 0.25) is 0 Å². The van der Waals surface area contributed by atoms with Crippen LogP contribution in [0.25, 0.3) is 0 Å². The Morgan fingerprint density at radius 1 is 1.25 bits per heavy atom. The van der Waals surface area contributed by atoms with Crippen molar-refractivity contribution in [2.75, 3.05) is 12.3 Å². The van der Waals surface area contributed by atoms with Crippen molar-refractivity contribution in [3.63, 3.8) is 0 Å². The number of carbonyl (C=O) groups is 2. The summed E-state index contributed by atoms with van der Waals surface area (Å²) < 4.78 is 19.9. The maximum absolute atomic E-state index is 13.1. The molecular weight excluding hydrogens is 363 g/mol. The molecule has 0 saturated heterocycles. The second-order valence-electron chi connectivity index (χ2n) is 6.12. The van der Waals surface area contributed by atoms with Crippen molar-refractivity contribution in [3.05, 3.63) is 83.7 Å². The molecule has 0 spiro atoms. The van der Waals surface area contributed by atoms with Crippen molar-refractivity contribution in [2.45, 2.75) is 6.04 Å². The number of hydrogen-bond donors (Lipinski definition) is 2. The number of nitrogen functional groups attached to an aromatic ring is 1. The Bertz CT molecular complexity index is 988. The molecule has 144 valence electrons. The number of benzene rings is 2. The zero-order valence-electron chi connectivity index (χ0n) is 15.1. The molecule has 1 amide bonds. The lowest BCUT2D eigenvalue weighted by Crippen LogP contribution is -2.34. The van der Waals surface area contributed by atoms with Crippen LogP contribution >= 0.6 is 0 Å². The van der Waals surface area contributed by atoms with Crippen LogP contribution in [-0.4, -0.2) is 28.0 Å². The minimum Gasteiger partial charge on any atom is -0.452 e. The van der Waals surface area contributed by atoms with Crippen LogP contribution in [-0.2, 0) is 16.6 Å². The Hall–Kier alpha value is -3.68. The largest absolute Gasteiger partial charge is 0.452 e. The highest BCUT2D eigenvalue weighted by atomic mass is 19.1. The fourth-order valence-corrected chi connectivity index (χ4v) is 2.73. The third-order valence-electron chi connectivity index (χ3n) is 4.12. The normalized spacial score (nSPS) is 11.6. The van der Waals surface area contributed by atoms with Gasteiger partial charge in [-0.15, -0.1) is 0 Å². The SMILES string of the molecule is Cn1ccnc1[C@H](NC(=O)COC(=O)c1ccc(F)cc1N)c1ccccc1. The van der Waals surface area contributed by atoms with Crippen LogP contribution < -0.4 is 11.1 Å². The number of nitrogens with one attached hydrogen (secondary N) is 1. The maximum Gasteiger partial charge on any atom is 0.340 e. The second-order valence-corrected chi connectivity index (χ2v) is 6.12. The lowest BCUT2D eigenvalue weighted by atomic mass is 10.1. The zero-order valence-corrected chi connectivity index (χ0v) is 15.1. The molecule has 28 heavy (non-hydrogen) atoms. The number of amides is 1. The molecule has 0 aliphatic heterocycles. The van der Waals surface area contributed by atoms with Crippen LogP contribution in [0, 0.1) is 5.82 Å². The standard InChI is InChI=1S/C20H19FN4O3/c1-25-10-9-23-19(25)18(13-5-3-2-4-6-13)24-17(26)12-28-20(27)15-8-7-14(21)11-16(15)22/h2-11,18H,12,22H2,1H3,(H,24,26)/t18-/m1/s1. The van der Waals surface area contributed by atoms with Gasteiger partial charge in [0.1, 0.15) is 17.7 Å². The third kappa shape index (κ3) is 4.35. The number of esters is 1. The average Bonchev–Trinajstić information content (AvgIpc) is 3.10. The topological polar surface area (TPSA) is 99.2 Å². The van der Waals surface area contributed by atoms with Crippen LogP contribution in [0.5, 0.6) is 0 Å². The quantitative estimate of drug-likeness (QED) is 0.503. The number of aryl methyl sites for hydroxylation is 1. The van der Waals surface area contributed by atoms with E-state index in [0.717, 1.165) is 17.7 Å². The number of carbonyl (C=O) groups excluding carboxylic acids is 2. The van der Waals surface area contributed by atoms with Crippen molar-refractivity contribution < 1.29 is 18.7 Å². The Kier molecular flexibility index (Phi) is 5.69. The van der Waals surface area contributed by atoms with Gasteiger partial charge >= 0.3 is 5.97 Å². The van der Waals surface area contributed by atoms with Gasteiger partial charge in [-0.3, -0.25) is 4.79 Å². The molecule has 0 fully saturated rings. The molecular formula is C20H19FN4O3. The maximum atomic E-state index is 13.1. The first kappa shape index (κ1) is 19.1. The number of rotatable bonds is 6. The van der Waals surface area contributed by atoms with E-state index in [1.165, 1.54) is 6.07 Å². The molecule has 1 heterocycles. The molecule has 1 atom stereocenters. The van der Waals surface area contributed by atoms with Crippen molar-refractivity contribution in [2.24, 2.45) is 7.05 Å². The van der Waals surface area contributed by atoms with Gasteiger partial charge in [-0.25, -0.2) is 14.2 Å². The molecule has 0 aliphatic carbocycles. The van der Waals surface area contributed by atoms with Gasteiger partial charge in [0.15, 0.2) is 6.61 Å². The lowest BCUT2D eigenvalue weighted by molar-refractivity contribution is -0.124. The summed E-state index contributed by atoms with van der Waals surface area (Å²) in [5.74, 6) is -1.24. The van der Waals surface area contributed by atoms with Gasteiger partial charge in [-0.2, -0.15) is 0 Å². The van der Waals surface area contributed by atoms with Crippen LogP contribution in [0.4, 0.5) is 10.1 Å². The summed E-state index contributed by atoms with van der Waals surface area (Å²) in [5, 5.41) is 2.82. The van der Waals surface area contributed by atoms with Gasteiger partial charge in [0.05, 0.1) is 5.56 Å². The first-order chi connectivity index (χ1) is 13.5. The summed E-state index contributed by atoms with van der Waals surface area (Å²) in [4.78, 5) is 28.8. The summed E-state index contributed by atoms with van der Waals surface area (Å²) in [6, 6.07) is 12.1. The van der Waals surface area contributed by atoms with E-state index >= 15 is 0 Å². The molecule has 3 aromatic rings. The van der Waals surface area contributed by atoms with E-state index in [9.17, 15) is 14.0 Å². The Morgan fingerprint density at radius 2 is 2.00 bits per heavy atom. The number of aromatic nitrogens is 2. The summed E-state index contributed by atoms with van der Waals surface area (Å²) in [7, 11) is 1.82. The third-order valence-corrected chi connectivity index (χ3v) is 4.12. The van der Waals surface area contributed by atoms with E-state index in [0.29, 0.717) is 5.82 Å². The van der Waals surface area contributed by atoms with Gasteiger partial charge in [-0.1, -0.05) is 30.3 Å². The van der Waals surface area contributed by atoms with Crippen molar-refractivity contribution in [3.8, 4) is 0 Å². The van der Waals surface area contributed by atoms with Crippen LogP contribution in [0.2, 0.25) is 0 Å². The molecule has 3 rings (SSSR count). The molecule has 7 nitrogen and oxygen atoms in total. The minimum atomic E-state index is -0.805. The zero-order chi connectivity index (χ0) is 20.1. The van der Waals surface area contributed by atoms with E-state index in [4.69, 9.17) is 10.5 Å². The molecule has 0 unspecified atom stereocenters. The Balaban J connectivity index is 1.69. The summed E-state index contributed by atoms with van der Waals surface area (Å²) in [5.41, 5.74) is 6.39. The first-order valence-electron chi connectivity index (χ1n) is 8.49. The Morgan fingerprint density at radius 3 is 2.64 bits per heavy atom. The Labute approximate surface area is 161 Å². The summed E-state index contributed by atoms with van der Waals surface area (Å²) in [6.07, 6.45) is 3.41. The summed E-state index contributed by atoms with van der Waals surface area (Å²) >= 11 is 0. The average molecular weight is 382 g/mol. The number of halogens is 1. The van der Waals surface area contributed by atoms with Crippen LogP contribution in [0.15, 0.2) is 60.9 Å². The molecule has 0 saturated carbocycles. The molecule has 0 aliphatic rings. The van der Waals surface area contributed by atoms with E-state index in [2.05, 4.69) is 10.3 Å². The van der Waals surface area contributed by atoms with Crippen molar-refractivity contribution in [1.29, 1.82) is 0 Å². The van der Waals surface area contributed by atoms with E-state index in [1.54, 1.807) is 17.0 Å². The smallest absolute Gasteiger partial charge is 0.340 e. The van der Waals surface area contributed by atoms with Crippen molar-refractivity contribution in [1.82, 2.24) is 14.9 Å². The lowest BCUT2D eigenvalue weighted by Gasteiger charge is -2.19. The highest BCUT2D eigenvalue weighted by Gasteiger charge is 2.21. The van der Waals surface area contributed by atoms with E-state index < -0.39 is 30.3 Å². The molecule has 1 aromatic heterocycles. The summed E-state index contributed by atoms with van der Waals surface area (Å²) in [6.45, 7) is -0.511. The molecule has 8 heteroatoms. The number of nitrogens with two attached hydrogens (primary N) is 1. The highest BCUT2D eigenvalue weighted by molar-refractivity contribution is 5.96. The highest BCUT2D eigenvalue weighted by Crippen LogP contribution is 2.20. The van der Waals surface area contributed by atoms with Gasteiger partial charge in [0.25, 0.3) is 5.91 Å². The van der Waals surface area contributed by atoms with Crippen LogP contribution in [0.1, 0.15) is 27.8 Å². The molecule has 0 bridgehead atoms. The minimum absolute atomic E-state index is 0.00193. The predicted molar refractivity (Wildman–Crippen MR) is 101 cm³/mol. The van der Waals surface area contributed by atoms with E-state index in [1.807, 2.05) is 37.4 Å². The number of nitrogens with zero attached hydrogens (tertiary/aromatic N) is 2. The number of imidazole rings is 1. The van der Waals surface area contributed by atoms with Gasteiger partial charge in [0, 0.05) is 25.1 Å². The van der Waals surface area contributed by atoms with Gasteiger partial charge in [-0.05, 0) is 23.8 Å². The molecule has 2 aromatic carbocycles. The monoisotopic (exact) mass is 382 g/mol. The van der Waals surface area contributed by atoms with Gasteiger partial charge < -0.3 is 20.4 Å². The van der Waals surface area contributed by atoms with E-state index in [-0.39, 0.29) is 11.3 Å². The fourth-order valence-electron chi connectivity index (χ4n) is 2.73. The molecule has 0 radical (unpaired) electrons. The fraction of sp³-hybridized carbons (Fsp3) is 0.150. The number of ether oxygens (including phenoxy) is 1. The van der Waals surface area contributed by atoms with Crippen molar-refractivity contribution >= 4 is 17.6 Å². The number of hydrogen-bond acceptors (Lipinski definition) is 5. The second kappa shape index (κ2) is 8.34.